The second-order valence-corrected chi connectivity index (χ2v) is 42.6. The Bertz CT molecular complexity index is 2930. The zero-order chi connectivity index (χ0) is 98.6. The standard InChI is InChI=1S/C14H25N3O.C13H23N3O.C12H25NO3.2C11H23NO3.C11H23NO2.C10H21NO3.C10H21NO.C9H19NO2/c1-13-3-5-14(18,6-4-13)11-15-7-2-9-17-10-8-16-12-17;1-12-2-4-13(17,5-3-12)10-14-6-8-16-9-7-15-11-16;1-11-2-4-12(15,5-3-11)10-13-6-8-16-9-7-14;1-9-2-4-11(15,5-3-9)8-12-10(6-13)7-14;1-10-2-4-11(15,5-3-10)12(6-8-13)7-9-14;1-10-3-5-11(14,6-4-10)9-12-7-2-8-13;1-8-2-4-10(14,5-3-8)11-9(6-12)7-13;1-3-8-11-10(12)6-4-9(2)5-7-10;1-8-2-4-9(12,5-3-8)10-6-7-11/h8,10,12-13,15,18H,2-7,9,11H2,1H3;7,9,11-12,14,17H,2-6,8,10H2,1H3;11,13-15H,2-10H2,1H3;9-10,12-15H,2-8H2,1H3;10,13-15H,2-9H2,1H3;10,12-14H,2-9H2,1H3;8-9,11-14H,2-7H2,1H3;9,11-12H,3-8H2,1-2H3;8,10-12H,2-7H2,1H3. The van der Waals surface area contributed by atoms with Crippen molar-refractivity contribution in [2.75, 3.05) is 158 Å². The van der Waals surface area contributed by atoms with Crippen LogP contribution in [0, 0.1) is 53.3 Å². The summed E-state index contributed by atoms with van der Waals surface area (Å²) in [6, 6.07) is -0.721. The molecule has 133 heavy (non-hydrogen) atoms. The molecule has 2 heterocycles. The van der Waals surface area contributed by atoms with E-state index in [1.807, 2.05) is 29.6 Å². The highest BCUT2D eigenvalue weighted by molar-refractivity contribution is 4.94. The second-order valence-electron chi connectivity index (χ2n) is 42.6. The number of nitrogens with one attached hydrogen (secondary N) is 8. The molecule has 0 bridgehead atoms. The summed E-state index contributed by atoms with van der Waals surface area (Å²) in [6.07, 6.45) is 49.3. The van der Waals surface area contributed by atoms with Gasteiger partial charge in [0.25, 0.3) is 0 Å². The van der Waals surface area contributed by atoms with Crippen molar-refractivity contribution in [3.05, 3.63) is 37.4 Å². The number of rotatable bonds is 43. The summed E-state index contributed by atoms with van der Waals surface area (Å²) in [7, 11) is 0. The van der Waals surface area contributed by atoms with Crippen molar-refractivity contribution < 1.29 is 96.7 Å². The zero-order valence-electron chi connectivity index (χ0n) is 85.0. The summed E-state index contributed by atoms with van der Waals surface area (Å²) in [4.78, 5) is 9.82. The van der Waals surface area contributed by atoms with Crippen LogP contribution in [-0.2, 0) is 17.8 Å². The lowest BCUT2D eigenvalue weighted by Gasteiger charge is -2.43. The molecule has 0 aliphatic heterocycles. The highest BCUT2D eigenvalue weighted by Crippen LogP contribution is 2.39. The van der Waals surface area contributed by atoms with E-state index in [1.165, 1.54) is 0 Å². The Morgan fingerprint density at radius 2 is 0.647 bits per heavy atom. The molecule has 786 valence electrons. The van der Waals surface area contributed by atoms with Gasteiger partial charge in [0.2, 0.25) is 0 Å². The third kappa shape index (κ3) is 56.1. The van der Waals surface area contributed by atoms with Gasteiger partial charge < -0.3 is 132 Å². The highest BCUT2D eigenvalue weighted by Gasteiger charge is 2.40. The minimum atomic E-state index is -0.886. The fourth-order valence-corrected chi connectivity index (χ4v) is 18.8. The number of hydrogen-bond donors (Lipinski definition) is 26. The first-order valence-corrected chi connectivity index (χ1v) is 52.4. The van der Waals surface area contributed by atoms with Crippen LogP contribution < -0.4 is 42.5 Å². The summed E-state index contributed by atoms with van der Waals surface area (Å²) in [5, 5.41) is 196. The van der Waals surface area contributed by atoms with Crippen LogP contribution in [0.4, 0.5) is 0 Å². The Kier molecular flexibility index (Phi) is 64.8. The number of aromatic nitrogens is 4. The normalized spacial score (nSPS) is 32.2. The van der Waals surface area contributed by atoms with Gasteiger partial charge in [0.05, 0.1) is 119 Å². The molecule has 0 unspecified atom stereocenters. The second kappa shape index (κ2) is 69.3. The summed E-state index contributed by atoms with van der Waals surface area (Å²) in [5.74, 6) is 6.68. The molecule has 0 atom stereocenters. The molecule has 32 nitrogen and oxygen atoms in total. The largest absolute Gasteiger partial charge is 0.396 e. The fourth-order valence-electron chi connectivity index (χ4n) is 18.8. The molecule has 0 saturated heterocycles. The first kappa shape index (κ1) is 124. The molecule has 9 saturated carbocycles. The van der Waals surface area contributed by atoms with Gasteiger partial charge in [0.15, 0.2) is 0 Å². The van der Waals surface area contributed by atoms with Crippen LogP contribution in [0.25, 0.3) is 0 Å². The van der Waals surface area contributed by atoms with Crippen LogP contribution in [0.3, 0.4) is 0 Å². The van der Waals surface area contributed by atoms with Crippen LogP contribution in [0.2, 0.25) is 0 Å². The van der Waals surface area contributed by atoms with E-state index in [4.69, 9.17) is 50.7 Å². The molecule has 9 fully saturated rings. The van der Waals surface area contributed by atoms with Crippen LogP contribution in [0.15, 0.2) is 37.4 Å². The van der Waals surface area contributed by atoms with Gasteiger partial charge in [0, 0.05) is 110 Å². The van der Waals surface area contributed by atoms with Gasteiger partial charge >= 0.3 is 0 Å². The average Bonchev–Trinajstić information content (AvgIpc) is 0.998. The molecule has 9 aliphatic rings. The average molecular weight is 1900 g/mol. The Morgan fingerprint density at radius 1 is 0.331 bits per heavy atom. The predicted molar refractivity (Wildman–Crippen MR) is 530 cm³/mol. The third-order valence-electron chi connectivity index (χ3n) is 29.5. The molecule has 11 rings (SSSR count). The van der Waals surface area contributed by atoms with E-state index >= 15 is 0 Å². The van der Waals surface area contributed by atoms with Crippen molar-refractivity contribution in [3.63, 3.8) is 0 Å². The number of hydrogen-bond acceptors (Lipinski definition) is 30. The number of aryl methyl sites for hydroxylation is 1. The molecule has 9 aliphatic carbocycles. The first-order chi connectivity index (χ1) is 63.3. The first-order valence-electron chi connectivity index (χ1n) is 52.4. The van der Waals surface area contributed by atoms with Crippen LogP contribution in [0.1, 0.15) is 320 Å². The van der Waals surface area contributed by atoms with Gasteiger partial charge in [-0.25, -0.2) is 9.97 Å². The van der Waals surface area contributed by atoms with Gasteiger partial charge in [-0.15, -0.1) is 0 Å². The summed E-state index contributed by atoms with van der Waals surface area (Å²) < 4.78 is 9.25. The Hall–Kier alpha value is -2.70. The van der Waals surface area contributed by atoms with Crippen molar-refractivity contribution in [2.24, 2.45) is 53.3 Å². The molecule has 32 heteroatoms. The van der Waals surface area contributed by atoms with Crippen LogP contribution >= 0.6 is 0 Å². The molecule has 2 aromatic rings. The van der Waals surface area contributed by atoms with Crippen molar-refractivity contribution in [1.82, 2.24) is 66.5 Å². The van der Waals surface area contributed by atoms with Gasteiger partial charge in [-0.2, -0.15) is 0 Å². The highest BCUT2D eigenvalue weighted by atomic mass is 16.5. The van der Waals surface area contributed by atoms with Crippen molar-refractivity contribution in [1.29, 1.82) is 0 Å². The van der Waals surface area contributed by atoms with Gasteiger partial charge in [-0.1, -0.05) is 69.2 Å². The maximum absolute atomic E-state index is 10.4. The zero-order valence-corrected chi connectivity index (χ0v) is 85.0. The monoisotopic (exact) mass is 1900 g/mol. The molecular weight excluding hydrogens is 1700 g/mol. The minimum Gasteiger partial charge on any atom is -0.396 e. The van der Waals surface area contributed by atoms with Gasteiger partial charge in [-0.3, -0.25) is 20.9 Å². The molecule has 2 aromatic heterocycles. The van der Waals surface area contributed by atoms with E-state index in [-0.39, 0.29) is 65.5 Å². The molecule has 26 N–H and O–H groups in total. The topological polar surface area (TPSA) is 508 Å². The lowest BCUT2D eigenvalue weighted by atomic mass is 9.79. The summed E-state index contributed by atoms with van der Waals surface area (Å²) in [6.45, 7) is 34.0. The molecule has 0 radical (unpaired) electrons. The lowest BCUT2D eigenvalue weighted by Crippen LogP contribution is -2.54. The molecule has 0 aromatic carbocycles. The van der Waals surface area contributed by atoms with E-state index in [9.17, 15) is 46.0 Å². The Balaban J connectivity index is 0.000000386. The molecule has 0 amide bonds. The van der Waals surface area contributed by atoms with Crippen molar-refractivity contribution >= 4 is 0 Å². The summed E-state index contributed by atoms with van der Waals surface area (Å²) in [5.41, 5.74) is -5.50. The van der Waals surface area contributed by atoms with E-state index < -0.39 is 56.9 Å². The number of aliphatic hydroxyl groups is 18. The van der Waals surface area contributed by atoms with Crippen LogP contribution in [0.5, 0.6) is 0 Å². The fraction of sp³-hybridized carbons (Fsp3) is 0.941. The maximum atomic E-state index is 10.4. The number of ether oxygens (including phenoxy) is 1. The number of imidazole rings is 2. The Morgan fingerprint density at radius 3 is 0.970 bits per heavy atom. The smallest absolute Gasteiger partial charge is 0.118 e. The van der Waals surface area contributed by atoms with Crippen LogP contribution in [-0.4, -0.2) is 337 Å². The number of aliphatic hydroxyl groups excluding tert-OH is 9. The summed E-state index contributed by atoms with van der Waals surface area (Å²) >= 11 is 0. The quantitative estimate of drug-likeness (QED) is 0.0238. The minimum absolute atomic E-state index is 0.0257. The molecular formula is C101H203N13O19. The van der Waals surface area contributed by atoms with Gasteiger partial charge in [0.1, 0.15) is 22.9 Å². The van der Waals surface area contributed by atoms with E-state index in [0.29, 0.717) is 89.6 Å². The SMILES string of the molecule is CC1CCC(O)(CNC(CO)CO)CC1.CC1CCC(O)(CNCCCO)CC1.CC1CCC(O)(CNCCCn2ccnc2)CC1.CC1CCC(O)(CNCCOCCO)CC1.CC1CCC(O)(CNCCn2ccnc2)CC1.CC1CCC(O)(N(CCO)CCO)CC1.CC1CCC(O)(NC(CO)CO)CC1.CC1CCC(O)(NCCO)CC1.CCCNC1(O)CCC(C)CC1. The van der Waals surface area contributed by atoms with Gasteiger partial charge in [-0.05, 0) is 323 Å². The van der Waals surface area contributed by atoms with E-state index in [2.05, 4.69) is 126 Å². The van der Waals surface area contributed by atoms with E-state index in [1.54, 1.807) is 17.3 Å². The third-order valence-corrected chi connectivity index (χ3v) is 29.5. The Labute approximate surface area is 803 Å². The predicted octanol–water partition coefficient (Wildman–Crippen LogP) is 6.87. The molecule has 0 spiro atoms. The maximum Gasteiger partial charge on any atom is 0.118 e. The number of nitrogens with zero attached hydrogens (tertiary/aromatic N) is 5. The van der Waals surface area contributed by atoms with Crippen molar-refractivity contribution in [3.8, 4) is 0 Å². The lowest BCUT2D eigenvalue weighted by molar-refractivity contribution is -0.144. The van der Waals surface area contributed by atoms with E-state index in [0.717, 1.165) is 325 Å². The van der Waals surface area contributed by atoms with Crippen molar-refractivity contribution in [2.45, 2.75) is 396 Å².